The van der Waals surface area contributed by atoms with Gasteiger partial charge in [0.05, 0.1) is 16.6 Å². The van der Waals surface area contributed by atoms with E-state index in [1.165, 1.54) is 76.3 Å². The van der Waals surface area contributed by atoms with E-state index in [9.17, 15) is 0 Å². The van der Waals surface area contributed by atoms with Crippen LogP contribution in [-0.4, -0.2) is 15.0 Å². The van der Waals surface area contributed by atoms with Crippen LogP contribution in [0.25, 0.3) is 93.1 Å². The Hall–Kier alpha value is -7.73. The highest BCUT2D eigenvalue weighted by atomic mass is 15.3. The summed E-state index contributed by atoms with van der Waals surface area (Å²) in [6, 6.07) is 70.0. The summed E-state index contributed by atoms with van der Waals surface area (Å²) in [5.74, 6) is 0.840. The molecule has 0 spiro atoms. The van der Waals surface area contributed by atoms with Crippen molar-refractivity contribution >= 4 is 76.9 Å². The topological polar surface area (TPSA) is 50.4 Å². The summed E-state index contributed by atoms with van der Waals surface area (Å²) in [4.78, 5) is 5.41. The van der Waals surface area contributed by atoms with Crippen LogP contribution in [-0.2, 0) is 6.42 Å². The van der Waals surface area contributed by atoms with Crippen LogP contribution in [0.4, 0.5) is 0 Å². The van der Waals surface area contributed by atoms with Gasteiger partial charge in [-0.05, 0) is 98.8 Å². The van der Waals surface area contributed by atoms with Crippen molar-refractivity contribution in [3.05, 3.63) is 233 Å². The van der Waals surface area contributed by atoms with Crippen molar-refractivity contribution < 1.29 is 0 Å². The summed E-state index contributed by atoms with van der Waals surface area (Å²) in [5, 5.41) is 22.0. The minimum Gasteiger partial charge on any atom is -0.651 e. The molecule has 0 saturated heterocycles. The van der Waals surface area contributed by atoms with E-state index in [-0.39, 0.29) is 5.92 Å². The molecule has 11 aromatic rings. The van der Waals surface area contributed by atoms with Crippen molar-refractivity contribution in [2.75, 3.05) is 0 Å². The van der Waals surface area contributed by atoms with Crippen LogP contribution >= 0.6 is 0 Å². The largest absolute Gasteiger partial charge is 0.651 e. The molecule has 1 aliphatic carbocycles. The zero-order valence-electron chi connectivity index (χ0n) is 33.8. The van der Waals surface area contributed by atoms with Gasteiger partial charge in [0.2, 0.25) is 0 Å². The second kappa shape index (κ2) is 13.9. The first-order chi connectivity index (χ1) is 30.7. The number of amidine groups is 1. The molecule has 9 aromatic carbocycles. The molecule has 0 N–H and O–H groups in total. The quantitative estimate of drug-likeness (QED) is 0.167. The van der Waals surface area contributed by atoms with Gasteiger partial charge >= 0.3 is 0 Å². The van der Waals surface area contributed by atoms with Gasteiger partial charge in [-0.2, -0.15) is 0 Å². The number of hydrogen-bond acceptors (Lipinski definition) is 1. The summed E-state index contributed by atoms with van der Waals surface area (Å²) in [5.41, 5.74) is 10.5. The summed E-state index contributed by atoms with van der Waals surface area (Å²) in [6.45, 7) is 0. The first-order valence-electron chi connectivity index (χ1n) is 21.5. The van der Waals surface area contributed by atoms with Crippen molar-refractivity contribution in [1.29, 1.82) is 0 Å². The number of rotatable bonds is 5. The molecule has 3 unspecified atom stereocenters. The Kier molecular flexibility index (Phi) is 7.87. The molecule has 1 aliphatic heterocycles. The van der Waals surface area contributed by atoms with Gasteiger partial charge in [-0.1, -0.05) is 175 Å². The van der Waals surface area contributed by atoms with Gasteiger partial charge in [0.25, 0.3) is 0 Å². The molecule has 5 nitrogen and oxygen atoms in total. The van der Waals surface area contributed by atoms with Gasteiger partial charge < -0.3 is 24.8 Å². The maximum Gasteiger partial charge on any atom is 0.0547 e. The molecule has 62 heavy (non-hydrogen) atoms. The van der Waals surface area contributed by atoms with E-state index >= 15 is 0 Å². The summed E-state index contributed by atoms with van der Waals surface area (Å²) in [6.07, 6.45) is 4.59. The third kappa shape index (κ3) is 5.49. The van der Waals surface area contributed by atoms with Crippen LogP contribution in [0, 0.1) is 5.92 Å². The smallest absolute Gasteiger partial charge is 0.0547 e. The van der Waals surface area contributed by atoms with E-state index in [0.29, 0.717) is 0 Å². The van der Waals surface area contributed by atoms with E-state index in [1.807, 2.05) is 0 Å². The lowest BCUT2D eigenvalue weighted by Crippen LogP contribution is -2.23. The average molecular weight is 794 g/mol. The van der Waals surface area contributed by atoms with Gasteiger partial charge in [0, 0.05) is 33.2 Å². The molecule has 0 radical (unpaired) electrons. The Labute approximate surface area is 358 Å². The Morgan fingerprint density at radius 3 is 1.77 bits per heavy atom. The molecule has 294 valence electrons. The van der Waals surface area contributed by atoms with Crippen LogP contribution in [0.5, 0.6) is 0 Å². The molecule has 3 atom stereocenters. The van der Waals surface area contributed by atoms with Crippen LogP contribution in [0.3, 0.4) is 0 Å². The van der Waals surface area contributed by atoms with Crippen LogP contribution in [0.1, 0.15) is 34.7 Å². The van der Waals surface area contributed by atoms with E-state index in [1.54, 1.807) is 0 Å². The number of aliphatic imine (C=N–C) groups is 1. The molecule has 3 heterocycles. The van der Waals surface area contributed by atoms with E-state index in [4.69, 9.17) is 15.6 Å². The lowest BCUT2D eigenvalue weighted by atomic mass is 9.90. The third-order valence-corrected chi connectivity index (χ3v) is 13.1. The zero-order chi connectivity index (χ0) is 40.7. The molecule has 0 saturated carbocycles. The number of hydrogen-bond donors (Lipinski definition) is 0. The highest BCUT2D eigenvalue weighted by Crippen LogP contribution is 2.46. The second-order valence-electron chi connectivity index (χ2n) is 16.6. The van der Waals surface area contributed by atoms with Crippen LogP contribution < -0.4 is 0 Å². The molecular formula is C57H39N5-2. The van der Waals surface area contributed by atoms with E-state index in [2.05, 4.69) is 215 Å². The fraction of sp³-hybridized carbons (Fsp3) is 0.0702. The Morgan fingerprint density at radius 1 is 0.468 bits per heavy atom. The monoisotopic (exact) mass is 793 g/mol. The lowest BCUT2D eigenvalue weighted by Gasteiger charge is -2.53. The molecule has 13 rings (SSSR count). The van der Waals surface area contributed by atoms with Gasteiger partial charge in [0.1, 0.15) is 0 Å². The van der Waals surface area contributed by atoms with E-state index in [0.717, 1.165) is 34.8 Å². The minimum absolute atomic E-state index is 0.00000746. The summed E-state index contributed by atoms with van der Waals surface area (Å²) in [7, 11) is 0. The molecular weight excluding hydrogens is 755 g/mol. The summed E-state index contributed by atoms with van der Waals surface area (Å²) >= 11 is 0. The van der Waals surface area contributed by atoms with Crippen molar-refractivity contribution in [1.82, 2.24) is 9.13 Å². The van der Waals surface area contributed by atoms with Gasteiger partial charge in [0.15, 0.2) is 0 Å². The molecule has 0 amide bonds. The second-order valence-corrected chi connectivity index (χ2v) is 16.6. The predicted octanol–water partition coefficient (Wildman–Crippen LogP) is 14.9. The number of aromatic nitrogens is 2. The third-order valence-electron chi connectivity index (χ3n) is 13.1. The standard InChI is InChI=1S/C57H39N5/c1-2-16-43(17-3-1)61-49-21-11-10-20-47(49)48-35-42(28-31-50(48)61)57-59-55(58-56(60-57)41-23-22-36-12-4-5-15-40(36)34-41)39-24-29-44(30-25-39)62-51-32-26-37-13-6-8-18-45(37)53(51)54-46-19-9-7-14-38(46)27-33-52(54)62/h1-34,42,55-56H,35H2/q-2. The zero-order valence-corrected chi connectivity index (χ0v) is 33.8. The molecule has 2 aromatic heterocycles. The lowest BCUT2D eigenvalue weighted by molar-refractivity contribution is 0.715. The van der Waals surface area contributed by atoms with E-state index < -0.39 is 12.3 Å². The first kappa shape index (κ1) is 35.1. The van der Waals surface area contributed by atoms with Crippen molar-refractivity contribution in [3.63, 3.8) is 0 Å². The minimum atomic E-state index is -0.417. The average Bonchev–Trinajstić information content (AvgIpc) is 3.87. The van der Waals surface area contributed by atoms with Gasteiger partial charge in [-0.25, -0.2) is 0 Å². The fourth-order valence-corrected chi connectivity index (χ4v) is 10.2. The number of benzene rings is 9. The van der Waals surface area contributed by atoms with Gasteiger partial charge in [-0.15, -0.1) is 12.3 Å². The molecule has 5 heteroatoms. The number of para-hydroxylation sites is 2. The van der Waals surface area contributed by atoms with Crippen molar-refractivity contribution in [3.8, 4) is 11.4 Å². The first-order valence-corrected chi connectivity index (χ1v) is 21.5. The number of nitrogens with zero attached hydrogens (tertiary/aromatic N) is 5. The molecule has 0 fully saturated rings. The van der Waals surface area contributed by atoms with Gasteiger partial charge in [-0.3, -0.25) is 0 Å². The predicted molar refractivity (Wildman–Crippen MR) is 259 cm³/mol. The fourth-order valence-electron chi connectivity index (χ4n) is 10.2. The van der Waals surface area contributed by atoms with Crippen molar-refractivity contribution in [2.24, 2.45) is 10.9 Å². The van der Waals surface area contributed by atoms with Crippen LogP contribution in [0.15, 0.2) is 205 Å². The normalized spacial score (nSPS) is 17.5. The maximum absolute atomic E-state index is 5.41. The highest BCUT2D eigenvalue weighted by Gasteiger charge is 2.25. The Bertz CT molecular complexity index is 3540. The van der Waals surface area contributed by atoms with Crippen molar-refractivity contribution in [2.45, 2.75) is 18.8 Å². The SMILES string of the molecule is C1=CC(C2=NC(c3ccc(-n4c5ccc6ccccc6c5c5c6ccccc6ccc54)cc3)[N-]C(c3ccc4ccccc4c3)[N-]2)Cc2c1n(-c1ccccc1)c1ccccc21. The number of fused-ring (bicyclic) bond motifs is 11. The molecule has 0 bridgehead atoms. The Morgan fingerprint density at radius 2 is 1.05 bits per heavy atom. The highest BCUT2D eigenvalue weighted by molar-refractivity contribution is 6.28. The summed E-state index contributed by atoms with van der Waals surface area (Å²) < 4.78 is 4.81. The van der Waals surface area contributed by atoms with Crippen LogP contribution in [0.2, 0.25) is 0 Å². The Balaban J connectivity index is 0.922. The maximum atomic E-state index is 5.41. The molecule has 2 aliphatic rings.